The zero-order chi connectivity index (χ0) is 12.2. The van der Waals surface area contributed by atoms with Gasteiger partial charge in [-0.05, 0) is 50.2 Å². The first kappa shape index (κ1) is 13.5. The lowest BCUT2D eigenvalue weighted by atomic mass is 9.75. The summed E-state index contributed by atoms with van der Waals surface area (Å²) in [6.45, 7) is 10.6. The molecule has 0 aliphatic carbocycles. The fourth-order valence-electron chi connectivity index (χ4n) is 2.52. The smallest absolute Gasteiger partial charge is 0.0905 e. The minimum Gasteiger partial charge on any atom is -0.388 e. The molecule has 1 heterocycles. The number of piperidine rings is 1. The second-order valence-electron chi connectivity index (χ2n) is 6.11. The molecule has 16 heavy (non-hydrogen) atoms. The summed E-state index contributed by atoms with van der Waals surface area (Å²) < 4.78 is 0. The van der Waals surface area contributed by atoms with E-state index in [1.54, 1.807) is 0 Å². The highest BCUT2D eigenvalue weighted by Crippen LogP contribution is 2.34. The minimum absolute atomic E-state index is 0.324. The van der Waals surface area contributed by atoms with E-state index in [1.807, 2.05) is 0 Å². The maximum absolute atomic E-state index is 7.18. The predicted octanol–water partition coefficient (Wildman–Crippen LogP) is 2.46. The first-order valence-corrected chi connectivity index (χ1v) is 6.45. The first-order chi connectivity index (χ1) is 7.39. The highest BCUT2D eigenvalue weighted by Gasteiger charge is 2.28. The van der Waals surface area contributed by atoms with E-state index in [1.165, 1.54) is 25.9 Å². The van der Waals surface area contributed by atoms with Crippen LogP contribution in [0.3, 0.4) is 0 Å². The van der Waals surface area contributed by atoms with Crippen molar-refractivity contribution in [1.29, 1.82) is 5.41 Å². The Kier molecular flexibility index (Phi) is 4.78. The lowest BCUT2D eigenvalue weighted by Gasteiger charge is -2.38. The molecule has 1 aliphatic heterocycles. The predicted molar refractivity (Wildman–Crippen MR) is 69.8 cm³/mol. The quantitative estimate of drug-likeness (QED) is 0.570. The van der Waals surface area contributed by atoms with E-state index in [2.05, 4.69) is 25.7 Å². The maximum Gasteiger partial charge on any atom is 0.0905 e. The van der Waals surface area contributed by atoms with Crippen LogP contribution in [0, 0.1) is 16.7 Å². The number of hydrogen-bond acceptors (Lipinski definition) is 2. The van der Waals surface area contributed by atoms with Crippen molar-refractivity contribution in [3.63, 3.8) is 0 Å². The molecule has 0 aromatic carbocycles. The van der Waals surface area contributed by atoms with Crippen molar-refractivity contribution in [3.8, 4) is 0 Å². The van der Waals surface area contributed by atoms with Crippen molar-refractivity contribution in [1.82, 2.24) is 4.90 Å². The number of amidine groups is 1. The molecule has 0 unspecified atom stereocenters. The molecule has 1 aliphatic rings. The Morgan fingerprint density at radius 2 is 1.88 bits per heavy atom. The molecule has 0 bridgehead atoms. The third-order valence-electron chi connectivity index (χ3n) is 3.73. The molecule has 0 aromatic heterocycles. The molecule has 0 atom stereocenters. The Morgan fingerprint density at radius 1 is 1.31 bits per heavy atom. The van der Waals surface area contributed by atoms with E-state index in [9.17, 15) is 0 Å². The summed E-state index contributed by atoms with van der Waals surface area (Å²) in [6, 6.07) is 0. The van der Waals surface area contributed by atoms with Gasteiger partial charge in [-0.15, -0.1) is 0 Å². The Labute approximate surface area is 99.9 Å². The molecule has 1 fully saturated rings. The standard InChI is InChI=1S/C13H27N3/c1-13(2,3)11-6-9-16(10-7-11)8-4-5-12(14)15/h11H,4-10H2,1-3H3,(H3,14,15). The minimum atomic E-state index is 0.324. The first-order valence-electron chi connectivity index (χ1n) is 6.45. The van der Waals surface area contributed by atoms with Crippen molar-refractivity contribution < 1.29 is 0 Å². The summed E-state index contributed by atoms with van der Waals surface area (Å²) in [5.41, 5.74) is 5.82. The second kappa shape index (κ2) is 5.67. The summed E-state index contributed by atoms with van der Waals surface area (Å²) in [6.07, 6.45) is 4.43. The fourth-order valence-corrected chi connectivity index (χ4v) is 2.52. The van der Waals surface area contributed by atoms with Gasteiger partial charge in [0, 0.05) is 6.42 Å². The van der Waals surface area contributed by atoms with E-state index in [4.69, 9.17) is 11.1 Å². The van der Waals surface area contributed by atoms with E-state index in [0.29, 0.717) is 11.3 Å². The largest absolute Gasteiger partial charge is 0.388 e. The SMILES string of the molecule is CC(C)(C)C1CCN(CCCC(=N)N)CC1. The average Bonchev–Trinajstić information content (AvgIpc) is 2.16. The average molecular weight is 225 g/mol. The van der Waals surface area contributed by atoms with Crippen LogP contribution in [0.5, 0.6) is 0 Å². The van der Waals surface area contributed by atoms with Crippen LogP contribution in [-0.2, 0) is 0 Å². The number of nitrogens with one attached hydrogen (secondary N) is 1. The van der Waals surface area contributed by atoms with E-state index in [0.717, 1.165) is 25.3 Å². The van der Waals surface area contributed by atoms with Crippen LogP contribution < -0.4 is 5.73 Å². The Morgan fingerprint density at radius 3 is 2.31 bits per heavy atom. The van der Waals surface area contributed by atoms with Gasteiger partial charge in [-0.3, -0.25) is 5.41 Å². The van der Waals surface area contributed by atoms with Crippen molar-refractivity contribution in [2.75, 3.05) is 19.6 Å². The van der Waals surface area contributed by atoms with Gasteiger partial charge in [0.25, 0.3) is 0 Å². The van der Waals surface area contributed by atoms with Gasteiger partial charge >= 0.3 is 0 Å². The second-order valence-corrected chi connectivity index (χ2v) is 6.11. The summed E-state index contributed by atoms with van der Waals surface area (Å²) in [7, 11) is 0. The molecule has 0 radical (unpaired) electrons. The Bertz CT molecular complexity index is 222. The van der Waals surface area contributed by atoms with E-state index >= 15 is 0 Å². The molecule has 0 amide bonds. The molecule has 0 saturated carbocycles. The number of nitrogens with zero attached hydrogens (tertiary/aromatic N) is 1. The van der Waals surface area contributed by atoms with Crippen LogP contribution in [0.2, 0.25) is 0 Å². The number of hydrogen-bond donors (Lipinski definition) is 2. The molecule has 3 N–H and O–H groups in total. The summed E-state index contributed by atoms with van der Waals surface area (Å²) in [5, 5.41) is 7.18. The summed E-state index contributed by atoms with van der Waals surface area (Å²) in [4.78, 5) is 2.52. The van der Waals surface area contributed by atoms with Crippen molar-refractivity contribution in [2.24, 2.45) is 17.1 Å². The van der Waals surface area contributed by atoms with Gasteiger partial charge in [0.05, 0.1) is 5.84 Å². The van der Waals surface area contributed by atoms with Crippen molar-refractivity contribution in [3.05, 3.63) is 0 Å². The third kappa shape index (κ3) is 4.52. The fraction of sp³-hybridized carbons (Fsp3) is 0.923. The van der Waals surface area contributed by atoms with Crippen LogP contribution in [-0.4, -0.2) is 30.4 Å². The van der Waals surface area contributed by atoms with Crippen LogP contribution in [0.4, 0.5) is 0 Å². The van der Waals surface area contributed by atoms with Crippen LogP contribution in [0.25, 0.3) is 0 Å². The molecule has 1 rings (SSSR count). The van der Waals surface area contributed by atoms with Crippen LogP contribution in [0.1, 0.15) is 46.5 Å². The third-order valence-corrected chi connectivity index (χ3v) is 3.73. The van der Waals surface area contributed by atoms with Gasteiger partial charge in [0.2, 0.25) is 0 Å². The number of likely N-dealkylation sites (tertiary alicyclic amines) is 1. The molecular weight excluding hydrogens is 198 g/mol. The Hall–Kier alpha value is -0.570. The van der Waals surface area contributed by atoms with E-state index in [-0.39, 0.29) is 0 Å². The highest BCUT2D eigenvalue weighted by atomic mass is 15.1. The lowest BCUT2D eigenvalue weighted by molar-refractivity contribution is 0.112. The molecule has 1 saturated heterocycles. The van der Waals surface area contributed by atoms with Gasteiger partial charge in [0.15, 0.2) is 0 Å². The van der Waals surface area contributed by atoms with E-state index < -0.39 is 0 Å². The Balaban J connectivity index is 2.19. The molecular formula is C13H27N3. The molecule has 94 valence electrons. The zero-order valence-corrected chi connectivity index (χ0v) is 11.1. The van der Waals surface area contributed by atoms with Crippen molar-refractivity contribution in [2.45, 2.75) is 46.5 Å². The number of rotatable bonds is 4. The molecule has 0 aromatic rings. The van der Waals surface area contributed by atoms with Gasteiger partial charge < -0.3 is 10.6 Å². The topological polar surface area (TPSA) is 53.1 Å². The lowest BCUT2D eigenvalue weighted by Crippen LogP contribution is -2.38. The normalized spacial score (nSPS) is 19.9. The van der Waals surface area contributed by atoms with Gasteiger partial charge in [-0.2, -0.15) is 0 Å². The zero-order valence-electron chi connectivity index (χ0n) is 11.1. The monoisotopic (exact) mass is 225 g/mol. The number of nitrogens with two attached hydrogens (primary N) is 1. The molecule has 3 nitrogen and oxygen atoms in total. The summed E-state index contributed by atoms with van der Waals surface area (Å²) >= 11 is 0. The van der Waals surface area contributed by atoms with Gasteiger partial charge in [-0.25, -0.2) is 0 Å². The molecule has 3 heteroatoms. The van der Waals surface area contributed by atoms with Crippen molar-refractivity contribution >= 4 is 5.84 Å². The highest BCUT2D eigenvalue weighted by molar-refractivity contribution is 5.76. The summed E-state index contributed by atoms with van der Waals surface area (Å²) in [5.74, 6) is 1.20. The van der Waals surface area contributed by atoms with Gasteiger partial charge in [0.1, 0.15) is 0 Å². The molecule has 0 spiro atoms. The van der Waals surface area contributed by atoms with Gasteiger partial charge in [-0.1, -0.05) is 20.8 Å². The van der Waals surface area contributed by atoms with Crippen LogP contribution >= 0.6 is 0 Å². The van der Waals surface area contributed by atoms with Crippen LogP contribution in [0.15, 0.2) is 0 Å². The maximum atomic E-state index is 7.18.